The maximum absolute atomic E-state index is 10.1. The van der Waals surface area contributed by atoms with Crippen molar-refractivity contribution in [2.24, 2.45) is 5.92 Å². The molecule has 0 radical (unpaired) electrons. The van der Waals surface area contributed by atoms with Gasteiger partial charge in [-0.25, -0.2) is 0 Å². The predicted octanol–water partition coefficient (Wildman–Crippen LogP) is 2.41. The summed E-state index contributed by atoms with van der Waals surface area (Å²) in [5, 5.41) is 10.1. The molecule has 2 fully saturated rings. The van der Waals surface area contributed by atoms with E-state index in [4.69, 9.17) is 0 Å². The third-order valence-electron chi connectivity index (χ3n) is 4.20. The van der Waals surface area contributed by atoms with Crippen LogP contribution in [0.25, 0.3) is 0 Å². The zero-order valence-corrected chi connectivity index (χ0v) is 9.99. The molecule has 3 unspecified atom stereocenters. The van der Waals surface area contributed by atoms with Gasteiger partial charge in [0, 0.05) is 12.0 Å². The summed E-state index contributed by atoms with van der Waals surface area (Å²) in [6, 6.07) is 0.695. The van der Waals surface area contributed by atoms with Crippen molar-refractivity contribution >= 4 is 0 Å². The third kappa shape index (κ3) is 2.54. The van der Waals surface area contributed by atoms with Gasteiger partial charge in [-0.15, -0.1) is 0 Å². The Morgan fingerprint density at radius 1 is 1.13 bits per heavy atom. The van der Waals surface area contributed by atoms with Crippen LogP contribution in [0.1, 0.15) is 51.9 Å². The van der Waals surface area contributed by atoms with E-state index in [1.165, 1.54) is 51.6 Å². The van der Waals surface area contributed by atoms with Gasteiger partial charge in [-0.05, 0) is 45.2 Å². The Kier molecular flexibility index (Phi) is 4.04. The standard InChI is InChI=1S/C13H25NO/c1-2-9-14-10-5-7-12(14)11-6-3-4-8-13(11)15/h11-13,15H,2-10H2,1H3. The summed E-state index contributed by atoms with van der Waals surface area (Å²) in [4.78, 5) is 2.62. The molecule has 0 spiro atoms. The van der Waals surface area contributed by atoms with Gasteiger partial charge in [0.2, 0.25) is 0 Å². The molecule has 1 aliphatic heterocycles. The fourth-order valence-corrected chi connectivity index (χ4v) is 3.49. The minimum absolute atomic E-state index is 0.0128. The largest absolute Gasteiger partial charge is 0.393 e. The molecule has 0 bridgehead atoms. The molecular formula is C13H25NO. The lowest BCUT2D eigenvalue weighted by molar-refractivity contribution is 0.0222. The second kappa shape index (κ2) is 5.31. The molecule has 2 heteroatoms. The van der Waals surface area contributed by atoms with Crippen molar-refractivity contribution < 1.29 is 5.11 Å². The first-order valence-electron chi connectivity index (χ1n) is 6.75. The fraction of sp³-hybridized carbons (Fsp3) is 1.00. The van der Waals surface area contributed by atoms with Crippen LogP contribution in [0, 0.1) is 5.92 Å². The Bertz CT molecular complexity index is 195. The van der Waals surface area contributed by atoms with Crippen molar-refractivity contribution in [3.63, 3.8) is 0 Å². The zero-order chi connectivity index (χ0) is 10.7. The van der Waals surface area contributed by atoms with Crippen LogP contribution in [-0.4, -0.2) is 35.2 Å². The number of nitrogens with zero attached hydrogens (tertiary/aromatic N) is 1. The Morgan fingerprint density at radius 2 is 1.93 bits per heavy atom. The number of aliphatic hydroxyl groups excluding tert-OH is 1. The van der Waals surface area contributed by atoms with E-state index in [2.05, 4.69) is 11.8 Å². The second-order valence-corrected chi connectivity index (χ2v) is 5.26. The van der Waals surface area contributed by atoms with Gasteiger partial charge >= 0.3 is 0 Å². The lowest BCUT2D eigenvalue weighted by Gasteiger charge is -2.37. The van der Waals surface area contributed by atoms with Crippen molar-refractivity contribution in [1.29, 1.82) is 0 Å². The monoisotopic (exact) mass is 211 g/mol. The molecule has 1 saturated carbocycles. The minimum atomic E-state index is -0.0128. The van der Waals surface area contributed by atoms with Gasteiger partial charge < -0.3 is 10.0 Å². The number of aliphatic hydroxyl groups is 1. The van der Waals surface area contributed by atoms with E-state index in [9.17, 15) is 5.11 Å². The maximum atomic E-state index is 10.1. The van der Waals surface area contributed by atoms with Crippen LogP contribution in [0.4, 0.5) is 0 Å². The predicted molar refractivity (Wildman–Crippen MR) is 62.9 cm³/mol. The van der Waals surface area contributed by atoms with E-state index in [1.807, 2.05) is 0 Å². The highest BCUT2D eigenvalue weighted by Gasteiger charge is 2.36. The number of hydrogen-bond acceptors (Lipinski definition) is 2. The third-order valence-corrected chi connectivity index (χ3v) is 4.20. The summed E-state index contributed by atoms with van der Waals surface area (Å²) >= 11 is 0. The minimum Gasteiger partial charge on any atom is -0.393 e. The van der Waals surface area contributed by atoms with Crippen LogP contribution in [-0.2, 0) is 0 Å². The molecule has 0 aromatic heterocycles. The Morgan fingerprint density at radius 3 is 2.67 bits per heavy atom. The summed E-state index contributed by atoms with van der Waals surface area (Å²) < 4.78 is 0. The summed E-state index contributed by atoms with van der Waals surface area (Å²) in [6.07, 6.45) is 8.76. The molecule has 2 nitrogen and oxygen atoms in total. The van der Waals surface area contributed by atoms with Gasteiger partial charge in [0.05, 0.1) is 6.10 Å². The van der Waals surface area contributed by atoms with E-state index in [0.717, 1.165) is 6.42 Å². The van der Waals surface area contributed by atoms with Crippen LogP contribution in [0.3, 0.4) is 0 Å². The quantitative estimate of drug-likeness (QED) is 0.775. The Balaban J connectivity index is 1.94. The van der Waals surface area contributed by atoms with Gasteiger partial charge in [-0.3, -0.25) is 0 Å². The van der Waals surface area contributed by atoms with Crippen LogP contribution in [0.2, 0.25) is 0 Å². The average Bonchev–Trinajstić information content (AvgIpc) is 2.67. The van der Waals surface area contributed by atoms with E-state index in [1.54, 1.807) is 0 Å². The SMILES string of the molecule is CCCN1CCCC1C1CCCCC1O. The molecule has 88 valence electrons. The molecule has 1 N–H and O–H groups in total. The highest BCUT2D eigenvalue weighted by Crippen LogP contribution is 2.34. The number of rotatable bonds is 3. The van der Waals surface area contributed by atoms with E-state index in [0.29, 0.717) is 12.0 Å². The van der Waals surface area contributed by atoms with Crippen molar-refractivity contribution in [1.82, 2.24) is 4.90 Å². The molecule has 1 heterocycles. The van der Waals surface area contributed by atoms with Gasteiger partial charge in [0.15, 0.2) is 0 Å². The first kappa shape index (κ1) is 11.4. The highest BCUT2D eigenvalue weighted by atomic mass is 16.3. The lowest BCUT2D eigenvalue weighted by atomic mass is 9.80. The van der Waals surface area contributed by atoms with Crippen molar-refractivity contribution in [2.75, 3.05) is 13.1 Å². The molecule has 2 aliphatic rings. The molecule has 15 heavy (non-hydrogen) atoms. The molecule has 0 aromatic rings. The lowest BCUT2D eigenvalue weighted by Crippen LogP contribution is -2.42. The van der Waals surface area contributed by atoms with Crippen LogP contribution in [0.15, 0.2) is 0 Å². The molecule has 1 saturated heterocycles. The van der Waals surface area contributed by atoms with Crippen LogP contribution >= 0.6 is 0 Å². The zero-order valence-electron chi connectivity index (χ0n) is 9.99. The summed E-state index contributed by atoms with van der Waals surface area (Å²) in [7, 11) is 0. The van der Waals surface area contributed by atoms with Gasteiger partial charge in [-0.2, -0.15) is 0 Å². The fourth-order valence-electron chi connectivity index (χ4n) is 3.49. The molecule has 2 rings (SSSR count). The highest BCUT2D eigenvalue weighted by molar-refractivity contribution is 4.90. The molecule has 1 aliphatic carbocycles. The van der Waals surface area contributed by atoms with E-state index in [-0.39, 0.29) is 6.10 Å². The van der Waals surface area contributed by atoms with Gasteiger partial charge in [0.25, 0.3) is 0 Å². The van der Waals surface area contributed by atoms with Crippen LogP contribution in [0.5, 0.6) is 0 Å². The van der Waals surface area contributed by atoms with E-state index >= 15 is 0 Å². The summed E-state index contributed by atoms with van der Waals surface area (Å²) in [5.74, 6) is 0.577. The van der Waals surface area contributed by atoms with Crippen LogP contribution < -0.4 is 0 Å². The smallest absolute Gasteiger partial charge is 0.0583 e. The molecule has 3 atom stereocenters. The number of likely N-dealkylation sites (tertiary alicyclic amines) is 1. The van der Waals surface area contributed by atoms with Crippen molar-refractivity contribution in [3.05, 3.63) is 0 Å². The van der Waals surface area contributed by atoms with Crippen molar-refractivity contribution in [3.8, 4) is 0 Å². The topological polar surface area (TPSA) is 23.5 Å². The Hall–Kier alpha value is -0.0800. The average molecular weight is 211 g/mol. The first-order valence-corrected chi connectivity index (χ1v) is 6.75. The van der Waals surface area contributed by atoms with Gasteiger partial charge in [-0.1, -0.05) is 19.8 Å². The number of hydrogen-bond donors (Lipinski definition) is 1. The maximum Gasteiger partial charge on any atom is 0.0583 e. The normalized spacial score (nSPS) is 38.4. The van der Waals surface area contributed by atoms with E-state index < -0.39 is 0 Å². The molecule has 0 amide bonds. The summed E-state index contributed by atoms with van der Waals surface area (Å²) in [5.41, 5.74) is 0. The van der Waals surface area contributed by atoms with Crippen molar-refractivity contribution in [2.45, 2.75) is 64.0 Å². The molecular weight excluding hydrogens is 186 g/mol. The second-order valence-electron chi connectivity index (χ2n) is 5.26. The Labute approximate surface area is 93.7 Å². The molecule has 0 aromatic carbocycles. The van der Waals surface area contributed by atoms with Gasteiger partial charge in [0.1, 0.15) is 0 Å². The summed E-state index contributed by atoms with van der Waals surface area (Å²) in [6.45, 7) is 4.75. The first-order chi connectivity index (χ1) is 7.33.